The molecule has 1 fully saturated rings. The number of nitrogens with one attached hydrogen (secondary N) is 1. The molecule has 15 heavy (non-hydrogen) atoms. The van der Waals surface area contributed by atoms with Gasteiger partial charge in [-0.05, 0) is 19.9 Å². The van der Waals surface area contributed by atoms with Crippen molar-refractivity contribution in [1.29, 1.82) is 0 Å². The van der Waals surface area contributed by atoms with Crippen molar-refractivity contribution in [3.05, 3.63) is 0 Å². The van der Waals surface area contributed by atoms with E-state index in [0.29, 0.717) is 6.54 Å². The monoisotopic (exact) mass is 225 g/mol. The smallest absolute Gasteiger partial charge is 0.393 e. The first-order valence-electron chi connectivity index (χ1n) is 4.91. The largest absolute Gasteiger partial charge is 0.466 e. The van der Waals surface area contributed by atoms with Crippen LogP contribution in [0, 0.1) is 11.8 Å². The Morgan fingerprint density at radius 3 is 2.73 bits per heavy atom. The van der Waals surface area contributed by atoms with E-state index in [9.17, 15) is 18.0 Å². The lowest BCUT2D eigenvalue weighted by Gasteiger charge is -2.31. The predicted octanol–water partition coefficient (Wildman–Crippen LogP) is 1.34. The molecule has 0 aromatic heterocycles. The Kier molecular flexibility index (Phi) is 3.96. The number of alkyl halides is 3. The third-order valence-electron chi connectivity index (χ3n) is 2.49. The summed E-state index contributed by atoms with van der Waals surface area (Å²) in [5.74, 6) is -3.40. The molecule has 1 aliphatic rings. The maximum atomic E-state index is 12.5. The first-order chi connectivity index (χ1) is 6.96. The van der Waals surface area contributed by atoms with Gasteiger partial charge in [-0.25, -0.2) is 0 Å². The number of hydrogen-bond donors (Lipinski definition) is 1. The number of hydrogen-bond acceptors (Lipinski definition) is 3. The lowest BCUT2D eigenvalue weighted by Crippen LogP contribution is -2.47. The summed E-state index contributed by atoms with van der Waals surface area (Å²) >= 11 is 0. The van der Waals surface area contributed by atoms with Crippen molar-refractivity contribution in [3.63, 3.8) is 0 Å². The van der Waals surface area contributed by atoms with E-state index in [1.807, 2.05) is 0 Å². The minimum atomic E-state index is -4.34. The maximum Gasteiger partial charge on any atom is 0.393 e. The van der Waals surface area contributed by atoms with E-state index in [4.69, 9.17) is 0 Å². The Hall–Kier alpha value is -0.780. The van der Waals surface area contributed by atoms with Crippen LogP contribution in [-0.4, -0.2) is 31.8 Å². The van der Waals surface area contributed by atoms with Gasteiger partial charge >= 0.3 is 12.1 Å². The molecular weight excluding hydrogens is 211 g/mol. The zero-order valence-corrected chi connectivity index (χ0v) is 8.43. The summed E-state index contributed by atoms with van der Waals surface area (Å²) in [6.07, 6.45) is -4.16. The van der Waals surface area contributed by atoms with Crippen LogP contribution in [0.15, 0.2) is 0 Å². The quantitative estimate of drug-likeness (QED) is 0.721. The highest BCUT2D eigenvalue weighted by atomic mass is 19.4. The molecule has 0 spiro atoms. The van der Waals surface area contributed by atoms with Gasteiger partial charge < -0.3 is 10.1 Å². The number of rotatable bonds is 2. The summed E-state index contributed by atoms with van der Waals surface area (Å²) in [4.78, 5) is 11.3. The average molecular weight is 225 g/mol. The number of esters is 1. The van der Waals surface area contributed by atoms with Crippen LogP contribution in [0.2, 0.25) is 0 Å². The van der Waals surface area contributed by atoms with Gasteiger partial charge in [0.05, 0.1) is 18.4 Å². The Labute approximate surface area is 86.0 Å². The molecule has 0 aromatic carbocycles. The van der Waals surface area contributed by atoms with E-state index in [0.717, 1.165) is 0 Å². The van der Waals surface area contributed by atoms with Gasteiger partial charge in [0.15, 0.2) is 0 Å². The fraction of sp³-hybridized carbons (Fsp3) is 0.889. The lowest BCUT2D eigenvalue weighted by molar-refractivity contribution is -0.201. The van der Waals surface area contributed by atoms with Gasteiger partial charge in [-0.1, -0.05) is 0 Å². The summed E-state index contributed by atoms with van der Waals surface area (Å²) in [7, 11) is 0. The second-order valence-electron chi connectivity index (χ2n) is 3.50. The number of piperidine rings is 1. The Balaban J connectivity index is 2.70. The highest BCUT2D eigenvalue weighted by Crippen LogP contribution is 2.35. The normalized spacial score (nSPS) is 27.5. The summed E-state index contributed by atoms with van der Waals surface area (Å²) < 4.78 is 42.3. The minimum absolute atomic E-state index is 0.118. The second kappa shape index (κ2) is 4.83. The molecule has 1 N–H and O–H groups in total. The molecule has 0 bridgehead atoms. The zero-order valence-electron chi connectivity index (χ0n) is 8.43. The Morgan fingerprint density at radius 1 is 1.53 bits per heavy atom. The van der Waals surface area contributed by atoms with Crippen LogP contribution in [0.5, 0.6) is 0 Å². The van der Waals surface area contributed by atoms with Crippen LogP contribution in [0.4, 0.5) is 13.2 Å². The van der Waals surface area contributed by atoms with Crippen molar-refractivity contribution in [3.8, 4) is 0 Å². The van der Waals surface area contributed by atoms with Gasteiger partial charge in [-0.3, -0.25) is 4.79 Å². The highest BCUT2D eigenvalue weighted by molar-refractivity contribution is 5.73. The summed E-state index contributed by atoms with van der Waals surface area (Å²) in [6, 6.07) is 0. The van der Waals surface area contributed by atoms with E-state index in [1.165, 1.54) is 0 Å². The van der Waals surface area contributed by atoms with Crippen molar-refractivity contribution in [1.82, 2.24) is 5.32 Å². The number of halogens is 3. The van der Waals surface area contributed by atoms with Crippen molar-refractivity contribution < 1.29 is 22.7 Å². The van der Waals surface area contributed by atoms with Gasteiger partial charge in [0.1, 0.15) is 0 Å². The van der Waals surface area contributed by atoms with E-state index >= 15 is 0 Å². The number of carbonyl (C=O) groups is 1. The molecule has 0 amide bonds. The molecular formula is C9H14F3NO2. The van der Waals surface area contributed by atoms with E-state index < -0.39 is 24.0 Å². The fourth-order valence-electron chi connectivity index (χ4n) is 1.73. The maximum absolute atomic E-state index is 12.5. The summed E-state index contributed by atoms with van der Waals surface area (Å²) in [6.45, 7) is 1.93. The zero-order chi connectivity index (χ0) is 11.5. The van der Waals surface area contributed by atoms with Gasteiger partial charge in [0.25, 0.3) is 0 Å². The molecule has 1 saturated heterocycles. The molecule has 2 atom stereocenters. The lowest BCUT2D eigenvalue weighted by atomic mass is 9.86. The first kappa shape index (κ1) is 12.3. The van der Waals surface area contributed by atoms with E-state index in [2.05, 4.69) is 10.1 Å². The number of ether oxygens (including phenoxy) is 1. The molecule has 1 aliphatic heterocycles. The molecule has 0 aromatic rings. The minimum Gasteiger partial charge on any atom is -0.466 e. The van der Waals surface area contributed by atoms with Crippen LogP contribution in [0.25, 0.3) is 0 Å². The molecule has 88 valence electrons. The second-order valence-corrected chi connectivity index (χ2v) is 3.50. The van der Waals surface area contributed by atoms with Crippen molar-refractivity contribution in [2.75, 3.05) is 19.7 Å². The van der Waals surface area contributed by atoms with Crippen molar-refractivity contribution in [2.45, 2.75) is 19.5 Å². The highest BCUT2D eigenvalue weighted by Gasteiger charge is 2.48. The Bertz CT molecular complexity index is 230. The van der Waals surface area contributed by atoms with Crippen LogP contribution in [0.1, 0.15) is 13.3 Å². The number of carbonyl (C=O) groups excluding carboxylic acids is 1. The molecule has 0 saturated carbocycles. The topological polar surface area (TPSA) is 38.3 Å². The van der Waals surface area contributed by atoms with Crippen molar-refractivity contribution in [2.24, 2.45) is 11.8 Å². The first-order valence-corrected chi connectivity index (χ1v) is 4.91. The molecule has 6 heteroatoms. The molecule has 0 aliphatic carbocycles. The molecule has 3 nitrogen and oxygen atoms in total. The fourth-order valence-corrected chi connectivity index (χ4v) is 1.73. The Morgan fingerprint density at radius 2 is 2.20 bits per heavy atom. The van der Waals surface area contributed by atoms with Gasteiger partial charge in [-0.15, -0.1) is 0 Å². The molecule has 1 heterocycles. The summed E-state index contributed by atoms with van der Waals surface area (Å²) in [5.41, 5.74) is 0. The summed E-state index contributed by atoms with van der Waals surface area (Å²) in [5, 5.41) is 2.64. The molecule has 0 radical (unpaired) electrons. The van der Waals surface area contributed by atoms with E-state index in [1.54, 1.807) is 6.92 Å². The van der Waals surface area contributed by atoms with Gasteiger partial charge in [-0.2, -0.15) is 13.2 Å². The SMILES string of the molecule is CCOC(=O)[C@@H]1CCNC[C@H]1C(F)(F)F. The molecule has 0 unspecified atom stereocenters. The van der Waals surface area contributed by atoms with Gasteiger partial charge in [0.2, 0.25) is 0 Å². The van der Waals surface area contributed by atoms with Crippen LogP contribution >= 0.6 is 0 Å². The van der Waals surface area contributed by atoms with Crippen LogP contribution in [0.3, 0.4) is 0 Å². The van der Waals surface area contributed by atoms with Crippen molar-refractivity contribution >= 4 is 5.97 Å². The average Bonchev–Trinajstić information content (AvgIpc) is 2.17. The third kappa shape index (κ3) is 3.09. The molecule has 1 rings (SSSR count). The van der Waals surface area contributed by atoms with Crippen LogP contribution in [-0.2, 0) is 9.53 Å². The predicted molar refractivity (Wildman–Crippen MR) is 47.2 cm³/mol. The standard InChI is InChI=1S/C9H14F3NO2/c1-2-15-8(14)6-3-4-13-5-7(6)9(10,11)12/h6-7,13H,2-5H2,1H3/t6-,7-/m1/s1. The van der Waals surface area contributed by atoms with Gasteiger partial charge in [0, 0.05) is 6.54 Å². The van der Waals surface area contributed by atoms with E-state index in [-0.39, 0.29) is 19.6 Å². The van der Waals surface area contributed by atoms with Crippen LogP contribution < -0.4 is 5.32 Å². The third-order valence-corrected chi connectivity index (χ3v) is 2.49.